The number of hydrogen-bond acceptors (Lipinski definition) is 7. The van der Waals surface area contributed by atoms with E-state index in [2.05, 4.69) is 29.8 Å². The summed E-state index contributed by atoms with van der Waals surface area (Å²) in [6, 6.07) is 6.54. The van der Waals surface area contributed by atoms with Crippen molar-refractivity contribution < 1.29 is 18.7 Å². The maximum Gasteiger partial charge on any atom is 0.349 e. The highest BCUT2D eigenvalue weighted by Crippen LogP contribution is 2.22. The van der Waals surface area contributed by atoms with Crippen LogP contribution in [0, 0.1) is 5.92 Å². The van der Waals surface area contributed by atoms with Crippen LogP contribution in [-0.2, 0) is 9.53 Å². The first kappa shape index (κ1) is 24.8. The zero-order valence-corrected chi connectivity index (χ0v) is 19.7. The minimum absolute atomic E-state index is 0.0228. The van der Waals surface area contributed by atoms with Gasteiger partial charge in [-0.3, -0.25) is 9.59 Å². The van der Waals surface area contributed by atoms with Crippen molar-refractivity contribution in [1.29, 1.82) is 0 Å². The first-order valence-corrected chi connectivity index (χ1v) is 11.9. The molecule has 1 aromatic heterocycles. The molecule has 1 aliphatic rings. The average Bonchev–Trinajstić information content (AvgIpc) is 3.28. The minimum atomic E-state index is -0.681. The first-order chi connectivity index (χ1) is 15.9. The molecule has 1 saturated carbocycles. The number of amides is 1. The molecule has 2 aromatic rings. The third-order valence-corrected chi connectivity index (χ3v) is 5.74. The number of fused-ring (bicyclic) bond motifs is 1. The monoisotopic (exact) mass is 457 g/mol. The van der Waals surface area contributed by atoms with Gasteiger partial charge in [-0.1, -0.05) is 13.8 Å². The predicted molar refractivity (Wildman–Crippen MR) is 129 cm³/mol. The van der Waals surface area contributed by atoms with Crippen molar-refractivity contribution in [1.82, 2.24) is 10.6 Å². The van der Waals surface area contributed by atoms with E-state index < -0.39 is 17.6 Å². The average molecular weight is 458 g/mol. The molecule has 8 heteroatoms. The molecule has 0 saturated heterocycles. The largest absolute Gasteiger partial charge is 0.461 e. The smallest absolute Gasteiger partial charge is 0.349 e. The molecule has 0 radical (unpaired) electrons. The molecular formula is C25H35N3O5. The summed E-state index contributed by atoms with van der Waals surface area (Å²) in [4.78, 5) is 37.5. The van der Waals surface area contributed by atoms with E-state index in [9.17, 15) is 14.4 Å². The second-order valence-electron chi connectivity index (χ2n) is 8.97. The first-order valence-electron chi connectivity index (χ1n) is 11.9. The number of hydrogen-bond donors (Lipinski definition) is 3. The van der Waals surface area contributed by atoms with E-state index in [1.165, 1.54) is 0 Å². The highest BCUT2D eigenvalue weighted by atomic mass is 16.5. The second-order valence-corrected chi connectivity index (χ2v) is 8.97. The van der Waals surface area contributed by atoms with Crippen LogP contribution in [0.2, 0.25) is 0 Å². The lowest BCUT2D eigenvalue weighted by Gasteiger charge is -2.21. The standard InChI is InChI=1S/C25H35N3O5/c1-4-26-18-10-9-17-14-20(24(30)33-22(17)15-18)23(29)28-12-11-27-21(13-16(2)3)25(31)32-19-7-5-6-8-19/h9-10,14-16,19,21,26-27H,4-8,11-13H2,1-3H3,(H,28,29)/t21-/m0/s1. The molecule has 0 bridgehead atoms. The van der Waals surface area contributed by atoms with Gasteiger partial charge in [-0.25, -0.2) is 4.79 Å². The molecule has 3 N–H and O–H groups in total. The van der Waals surface area contributed by atoms with Gasteiger partial charge in [0.25, 0.3) is 5.91 Å². The fourth-order valence-electron chi connectivity index (χ4n) is 4.09. The summed E-state index contributed by atoms with van der Waals surface area (Å²) in [6.45, 7) is 7.49. The Morgan fingerprint density at radius 2 is 1.91 bits per heavy atom. The van der Waals surface area contributed by atoms with E-state index in [0.717, 1.165) is 37.9 Å². The lowest BCUT2D eigenvalue weighted by molar-refractivity contribution is -0.151. The molecule has 1 aliphatic carbocycles. The Labute approximate surface area is 194 Å². The van der Waals surface area contributed by atoms with E-state index in [1.54, 1.807) is 18.2 Å². The number of carbonyl (C=O) groups is 2. The molecule has 1 heterocycles. The molecule has 1 amide bonds. The number of carbonyl (C=O) groups excluding carboxylic acids is 2. The van der Waals surface area contributed by atoms with Crippen molar-refractivity contribution in [3.05, 3.63) is 40.2 Å². The van der Waals surface area contributed by atoms with Crippen LogP contribution < -0.4 is 21.6 Å². The van der Waals surface area contributed by atoms with Crippen molar-refractivity contribution in [2.24, 2.45) is 5.92 Å². The summed E-state index contributed by atoms with van der Waals surface area (Å²) in [6.07, 6.45) is 4.75. The van der Waals surface area contributed by atoms with Crippen LogP contribution in [0.15, 0.2) is 33.5 Å². The Bertz CT molecular complexity index is 1010. The molecule has 0 spiro atoms. The molecular weight excluding hydrogens is 422 g/mol. The van der Waals surface area contributed by atoms with Crippen LogP contribution in [0.5, 0.6) is 0 Å². The fourth-order valence-corrected chi connectivity index (χ4v) is 4.09. The van der Waals surface area contributed by atoms with Crippen LogP contribution in [0.3, 0.4) is 0 Å². The van der Waals surface area contributed by atoms with Gasteiger partial charge in [0.15, 0.2) is 0 Å². The summed E-state index contributed by atoms with van der Waals surface area (Å²) in [5, 5.41) is 9.76. The van der Waals surface area contributed by atoms with E-state index in [-0.39, 0.29) is 24.2 Å². The van der Waals surface area contributed by atoms with E-state index >= 15 is 0 Å². The van der Waals surface area contributed by atoms with Gasteiger partial charge in [-0.15, -0.1) is 0 Å². The Morgan fingerprint density at radius 3 is 2.61 bits per heavy atom. The van der Waals surface area contributed by atoms with Gasteiger partial charge in [0.1, 0.15) is 23.3 Å². The molecule has 8 nitrogen and oxygen atoms in total. The minimum Gasteiger partial charge on any atom is -0.461 e. The Kier molecular flexibility index (Phi) is 8.88. The molecule has 180 valence electrons. The van der Waals surface area contributed by atoms with Gasteiger partial charge in [-0.2, -0.15) is 0 Å². The number of nitrogens with one attached hydrogen (secondary N) is 3. The zero-order chi connectivity index (χ0) is 23.8. The van der Waals surface area contributed by atoms with Crippen molar-refractivity contribution >= 4 is 28.5 Å². The number of esters is 1. The molecule has 1 fully saturated rings. The van der Waals surface area contributed by atoms with Gasteiger partial charge in [0, 0.05) is 36.8 Å². The van der Waals surface area contributed by atoms with Crippen molar-refractivity contribution in [2.75, 3.05) is 25.0 Å². The predicted octanol–water partition coefficient (Wildman–Crippen LogP) is 3.44. The fraction of sp³-hybridized carbons (Fsp3) is 0.560. The number of anilines is 1. The summed E-state index contributed by atoms with van der Waals surface area (Å²) in [5.41, 5.74) is 0.547. The van der Waals surface area contributed by atoms with Crippen LogP contribution >= 0.6 is 0 Å². The summed E-state index contributed by atoms with van der Waals surface area (Å²) >= 11 is 0. The molecule has 1 atom stereocenters. The summed E-state index contributed by atoms with van der Waals surface area (Å²) in [7, 11) is 0. The number of ether oxygens (including phenoxy) is 1. The van der Waals surface area contributed by atoms with Gasteiger partial charge in [-0.05, 0) is 63.1 Å². The molecule has 1 aromatic carbocycles. The van der Waals surface area contributed by atoms with Gasteiger partial charge < -0.3 is 25.1 Å². The normalized spacial score (nSPS) is 15.0. The lowest BCUT2D eigenvalue weighted by Crippen LogP contribution is -2.44. The topological polar surface area (TPSA) is 110 Å². The number of benzene rings is 1. The lowest BCUT2D eigenvalue weighted by atomic mass is 10.0. The van der Waals surface area contributed by atoms with Crippen molar-refractivity contribution in [3.8, 4) is 0 Å². The highest BCUT2D eigenvalue weighted by Gasteiger charge is 2.26. The molecule has 0 unspecified atom stereocenters. The van der Waals surface area contributed by atoms with Crippen LogP contribution in [0.25, 0.3) is 11.0 Å². The van der Waals surface area contributed by atoms with E-state index in [4.69, 9.17) is 9.15 Å². The van der Waals surface area contributed by atoms with E-state index in [1.807, 2.05) is 13.0 Å². The van der Waals surface area contributed by atoms with Gasteiger partial charge in [0.05, 0.1) is 0 Å². The van der Waals surface area contributed by atoms with Crippen LogP contribution in [0.4, 0.5) is 5.69 Å². The quantitative estimate of drug-likeness (QED) is 0.269. The SMILES string of the molecule is CCNc1ccc2cc(C(=O)NCCN[C@@H](CC(C)C)C(=O)OC3CCCC3)c(=O)oc2c1. The van der Waals surface area contributed by atoms with Crippen molar-refractivity contribution in [3.63, 3.8) is 0 Å². The van der Waals surface area contributed by atoms with Crippen LogP contribution in [-0.4, -0.2) is 43.7 Å². The van der Waals surface area contributed by atoms with Gasteiger partial charge in [0.2, 0.25) is 0 Å². The van der Waals surface area contributed by atoms with Crippen molar-refractivity contribution in [2.45, 2.75) is 65.0 Å². The Hall–Kier alpha value is -2.87. The summed E-state index contributed by atoms with van der Waals surface area (Å²) in [5.74, 6) is -0.408. The molecule has 0 aliphatic heterocycles. The maximum absolute atomic E-state index is 12.6. The van der Waals surface area contributed by atoms with E-state index in [0.29, 0.717) is 29.9 Å². The Morgan fingerprint density at radius 1 is 1.15 bits per heavy atom. The van der Waals surface area contributed by atoms with Crippen LogP contribution in [0.1, 0.15) is 63.2 Å². The zero-order valence-electron chi connectivity index (χ0n) is 19.7. The highest BCUT2D eigenvalue weighted by molar-refractivity contribution is 5.96. The molecule has 3 rings (SSSR count). The maximum atomic E-state index is 12.6. The Balaban J connectivity index is 1.55. The third kappa shape index (κ3) is 7.05. The van der Waals surface area contributed by atoms with Gasteiger partial charge >= 0.3 is 11.6 Å². The summed E-state index contributed by atoms with van der Waals surface area (Å²) < 4.78 is 11.0. The number of rotatable bonds is 11. The molecule has 33 heavy (non-hydrogen) atoms. The third-order valence-electron chi connectivity index (χ3n) is 5.74. The second kappa shape index (κ2) is 11.8.